The van der Waals surface area contributed by atoms with Crippen LogP contribution < -0.4 is 5.32 Å². The molecule has 0 saturated heterocycles. The highest BCUT2D eigenvalue weighted by atomic mass is 79.9. The van der Waals surface area contributed by atoms with Gasteiger partial charge in [0, 0.05) is 27.8 Å². The highest BCUT2D eigenvalue weighted by molar-refractivity contribution is 9.10. The Morgan fingerprint density at radius 3 is 2.88 bits per heavy atom. The molecule has 0 aliphatic rings. The van der Waals surface area contributed by atoms with E-state index in [-0.39, 0.29) is 6.61 Å². The Morgan fingerprint density at radius 2 is 2.24 bits per heavy atom. The lowest BCUT2D eigenvalue weighted by Crippen LogP contribution is -2.18. The standard InChI is InChI=1S/C13H20BrNOS/c1-3-15-10(2)12-6-5-11(14)9-13(12)17-8-4-7-16/h5-6,9-10,15-16H,3-4,7-8H2,1-2H3. The second kappa shape index (κ2) is 8.14. The fraction of sp³-hybridized carbons (Fsp3) is 0.538. The van der Waals surface area contributed by atoms with Gasteiger partial charge < -0.3 is 10.4 Å². The first-order valence-electron chi connectivity index (χ1n) is 5.95. The lowest BCUT2D eigenvalue weighted by molar-refractivity contribution is 0.296. The molecule has 96 valence electrons. The van der Waals surface area contributed by atoms with Crippen LogP contribution in [0, 0.1) is 0 Å². The van der Waals surface area contributed by atoms with Gasteiger partial charge in [-0.05, 0) is 37.6 Å². The van der Waals surface area contributed by atoms with Crippen LogP contribution in [0.2, 0.25) is 0 Å². The van der Waals surface area contributed by atoms with Gasteiger partial charge in [0.25, 0.3) is 0 Å². The fourth-order valence-corrected chi connectivity index (χ4v) is 3.28. The molecule has 2 N–H and O–H groups in total. The molecule has 1 unspecified atom stereocenters. The second-order valence-electron chi connectivity index (χ2n) is 3.89. The molecule has 4 heteroatoms. The molecule has 0 spiro atoms. The van der Waals surface area contributed by atoms with Gasteiger partial charge in [0.15, 0.2) is 0 Å². The van der Waals surface area contributed by atoms with Gasteiger partial charge in [-0.25, -0.2) is 0 Å². The van der Waals surface area contributed by atoms with Crippen LogP contribution in [0.3, 0.4) is 0 Å². The van der Waals surface area contributed by atoms with Crippen molar-refractivity contribution in [3.63, 3.8) is 0 Å². The summed E-state index contributed by atoms with van der Waals surface area (Å²) in [5.74, 6) is 0.957. The summed E-state index contributed by atoms with van der Waals surface area (Å²) in [6.07, 6.45) is 0.839. The van der Waals surface area contributed by atoms with Crippen LogP contribution in [-0.4, -0.2) is 24.0 Å². The molecule has 1 aromatic carbocycles. The zero-order valence-electron chi connectivity index (χ0n) is 10.4. The number of hydrogen-bond donors (Lipinski definition) is 2. The molecule has 0 aromatic heterocycles. The number of thioether (sulfide) groups is 1. The molecule has 0 amide bonds. The Hall–Kier alpha value is -0.0300. The van der Waals surface area contributed by atoms with Crippen LogP contribution in [0.25, 0.3) is 0 Å². The van der Waals surface area contributed by atoms with E-state index in [0.29, 0.717) is 6.04 Å². The summed E-state index contributed by atoms with van der Waals surface area (Å²) in [6.45, 7) is 5.54. The first-order valence-corrected chi connectivity index (χ1v) is 7.73. The van der Waals surface area contributed by atoms with Gasteiger partial charge >= 0.3 is 0 Å². The van der Waals surface area contributed by atoms with Gasteiger partial charge in [-0.2, -0.15) is 0 Å². The van der Waals surface area contributed by atoms with Crippen molar-refractivity contribution in [2.24, 2.45) is 0 Å². The summed E-state index contributed by atoms with van der Waals surface area (Å²) in [7, 11) is 0. The average Bonchev–Trinajstić information content (AvgIpc) is 2.30. The maximum absolute atomic E-state index is 8.83. The van der Waals surface area contributed by atoms with Crippen molar-refractivity contribution >= 4 is 27.7 Å². The highest BCUT2D eigenvalue weighted by Gasteiger charge is 2.10. The fourth-order valence-electron chi connectivity index (χ4n) is 1.65. The molecule has 0 heterocycles. The number of aliphatic hydroxyl groups excluding tert-OH is 1. The van der Waals surface area contributed by atoms with Crippen LogP contribution >= 0.6 is 27.7 Å². The third kappa shape index (κ3) is 5.00. The SMILES string of the molecule is CCNC(C)c1ccc(Br)cc1SCCCO. The molecule has 0 fully saturated rings. The maximum Gasteiger partial charge on any atom is 0.0439 e. The van der Waals surface area contributed by atoms with Gasteiger partial charge in [0.05, 0.1) is 0 Å². The molecular formula is C13H20BrNOS. The van der Waals surface area contributed by atoms with E-state index in [1.54, 1.807) is 0 Å². The highest BCUT2D eigenvalue weighted by Crippen LogP contribution is 2.30. The van der Waals surface area contributed by atoms with Crippen molar-refractivity contribution in [3.8, 4) is 0 Å². The van der Waals surface area contributed by atoms with Crippen molar-refractivity contribution in [2.75, 3.05) is 18.9 Å². The molecule has 1 aromatic rings. The summed E-state index contributed by atoms with van der Waals surface area (Å²) in [4.78, 5) is 1.29. The zero-order chi connectivity index (χ0) is 12.7. The van der Waals surface area contributed by atoms with Gasteiger partial charge in [-0.15, -0.1) is 11.8 Å². The number of benzene rings is 1. The molecule has 1 atom stereocenters. The van der Waals surface area contributed by atoms with Gasteiger partial charge in [0.1, 0.15) is 0 Å². The predicted octanol–water partition coefficient (Wildman–Crippen LogP) is 3.59. The van der Waals surface area contributed by atoms with Crippen molar-refractivity contribution in [3.05, 3.63) is 28.2 Å². The third-order valence-corrected chi connectivity index (χ3v) is 4.16. The van der Waals surface area contributed by atoms with Crippen LogP contribution in [-0.2, 0) is 0 Å². The lowest BCUT2D eigenvalue weighted by Gasteiger charge is -2.17. The minimum Gasteiger partial charge on any atom is -0.396 e. The topological polar surface area (TPSA) is 32.3 Å². The summed E-state index contributed by atoms with van der Waals surface area (Å²) >= 11 is 5.32. The lowest BCUT2D eigenvalue weighted by atomic mass is 10.1. The summed E-state index contributed by atoms with van der Waals surface area (Å²) in [5, 5.41) is 12.3. The van der Waals surface area contributed by atoms with E-state index >= 15 is 0 Å². The van der Waals surface area contributed by atoms with E-state index in [0.717, 1.165) is 23.2 Å². The Kier molecular flexibility index (Phi) is 7.19. The molecule has 0 radical (unpaired) electrons. The normalized spacial score (nSPS) is 12.7. The molecule has 17 heavy (non-hydrogen) atoms. The van der Waals surface area contributed by atoms with Crippen LogP contribution in [0.4, 0.5) is 0 Å². The molecule has 0 bridgehead atoms. The van der Waals surface area contributed by atoms with Crippen molar-refractivity contribution in [1.82, 2.24) is 5.32 Å². The van der Waals surface area contributed by atoms with E-state index in [4.69, 9.17) is 5.11 Å². The number of halogens is 1. The van der Waals surface area contributed by atoms with Crippen LogP contribution in [0.1, 0.15) is 31.9 Å². The smallest absolute Gasteiger partial charge is 0.0439 e. The summed E-state index contributed by atoms with van der Waals surface area (Å²) in [6, 6.07) is 6.77. The van der Waals surface area contributed by atoms with Gasteiger partial charge in [-0.3, -0.25) is 0 Å². The average molecular weight is 318 g/mol. The first-order chi connectivity index (χ1) is 8.19. The summed E-state index contributed by atoms with van der Waals surface area (Å²) < 4.78 is 1.11. The Bertz CT molecular complexity index is 346. The Morgan fingerprint density at radius 1 is 1.47 bits per heavy atom. The van der Waals surface area contributed by atoms with Crippen LogP contribution in [0.5, 0.6) is 0 Å². The summed E-state index contributed by atoms with van der Waals surface area (Å²) in [5.41, 5.74) is 1.33. The minimum absolute atomic E-state index is 0.263. The first kappa shape index (κ1) is 15.0. The Labute approximate surface area is 116 Å². The van der Waals surface area contributed by atoms with E-state index in [2.05, 4.69) is 53.3 Å². The van der Waals surface area contributed by atoms with E-state index in [1.807, 2.05) is 11.8 Å². The number of hydrogen-bond acceptors (Lipinski definition) is 3. The predicted molar refractivity (Wildman–Crippen MR) is 78.7 cm³/mol. The second-order valence-corrected chi connectivity index (χ2v) is 5.94. The molecule has 0 aliphatic carbocycles. The van der Waals surface area contributed by atoms with Gasteiger partial charge in [-0.1, -0.05) is 28.9 Å². The van der Waals surface area contributed by atoms with Crippen LogP contribution in [0.15, 0.2) is 27.6 Å². The third-order valence-electron chi connectivity index (χ3n) is 2.51. The van der Waals surface area contributed by atoms with E-state index < -0.39 is 0 Å². The molecule has 1 rings (SSSR count). The molecule has 0 aliphatic heterocycles. The van der Waals surface area contributed by atoms with Crippen molar-refractivity contribution in [2.45, 2.75) is 31.2 Å². The van der Waals surface area contributed by atoms with E-state index in [1.165, 1.54) is 10.5 Å². The largest absolute Gasteiger partial charge is 0.396 e. The number of aliphatic hydroxyl groups is 1. The van der Waals surface area contributed by atoms with Gasteiger partial charge in [0.2, 0.25) is 0 Å². The maximum atomic E-state index is 8.83. The minimum atomic E-state index is 0.263. The molecular weight excluding hydrogens is 298 g/mol. The number of rotatable bonds is 7. The molecule has 0 saturated carbocycles. The van der Waals surface area contributed by atoms with E-state index in [9.17, 15) is 0 Å². The quantitative estimate of drug-likeness (QED) is 0.595. The van der Waals surface area contributed by atoms with Crippen molar-refractivity contribution < 1.29 is 5.11 Å². The molecule has 2 nitrogen and oxygen atoms in total. The Balaban J connectivity index is 2.79. The number of nitrogens with one attached hydrogen (secondary N) is 1. The zero-order valence-corrected chi connectivity index (χ0v) is 12.8. The van der Waals surface area contributed by atoms with Crippen molar-refractivity contribution in [1.29, 1.82) is 0 Å². The monoisotopic (exact) mass is 317 g/mol.